The fourth-order valence-corrected chi connectivity index (χ4v) is 2.86. The summed E-state index contributed by atoms with van der Waals surface area (Å²) in [5.74, 6) is 0. The van der Waals surface area contributed by atoms with E-state index < -0.39 is 16.1 Å². The number of nitrogens with two attached hydrogens (primary N) is 1. The highest BCUT2D eigenvalue weighted by Crippen LogP contribution is 2.20. The first-order valence-electron chi connectivity index (χ1n) is 4.82. The van der Waals surface area contributed by atoms with Crippen LogP contribution in [0, 0.1) is 11.3 Å². The lowest BCUT2D eigenvalue weighted by atomic mass is 10.2. The highest BCUT2D eigenvalue weighted by Gasteiger charge is 2.20. The molecule has 0 heterocycles. The predicted octanol–water partition coefficient (Wildman–Crippen LogP) is 0.837. The van der Waals surface area contributed by atoms with E-state index in [1.807, 2.05) is 6.07 Å². The monoisotopic (exact) mass is 273 g/mol. The lowest BCUT2D eigenvalue weighted by Gasteiger charge is -2.13. The fraction of sp³-hybridized carbons (Fsp3) is 0.300. The number of rotatable bonds is 4. The first kappa shape index (κ1) is 13.9. The van der Waals surface area contributed by atoms with E-state index in [-0.39, 0.29) is 22.0 Å². The zero-order chi connectivity index (χ0) is 13.1. The lowest BCUT2D eigenvalue weighted by Crippen LogP contribution is -2.38. The second kappa shape index (κ2) is 5.47. The van der Waals surface area contributed by atoms with Gasteiger partial charge in [-0.2, -0.15) is 5.26 Å². The van der Waals surface area contributed by atoms with Gasteiger partial charge in [-0.25, -0.2) is 13.1 Å². The van der Waals surface area contributed by atoms with Gasteiger partial charge in [-0.1, -0.05) is 11.6 Å². The predicted molar refractivity (Wildman–Crippen MR) is 65.0 cm³/mol. The Labute approximate surface area is 105 Å². The Kier molecular flexibility index (Phi) is 4.48. The van der Waals surface area contributed by atoms with E-state index in [1.165, 1.54) is 18.2 Å². The maximum absolute atomic E-state index is 12.0. The van der Waals surface area contributed by atoms with E-state index >= 15 is 0 Å². The molecule has 0 radical (unpaired) electrons. The molecule has 0 spiro atoms. The van der Waals surface area contributed by atoms with Crippen molar-refractivity contribution in [1.29, 1.82) is 5.26 Å². The SMILES string of the molecule is C[C@H](CN)NS(=O)(=O)c1cc(Cl)ccc1C#N. The fourth-order valence-electron chi connectivity index (χ4n) is 1.19. The van der Waals surface area contributed by atoms with E-state index in [1.54, 1.807) is 6.92 Å². The zero-order valence-corrected chi connectivity index (χ0v) is 10.7. The first-order valence-corrected chi connectivity index (χ1v) is 6.69. The van der Waals surface area contributed by atoms with Crippen molar-refractivity contribution in [2.45, 2.75) is 17.9 Å². The van der Waals surface area contributed by atoms with Crippen molar-refractivity contribution in [3.05, 3.63) is 28.8 Å². The van der Waals surface area contributed by atoms with Crippen LogP contribution in [0.1, 0.15) is 12.5 Å². The van der Waals surface area contributed by atoms with Crippen LogP contribution in [0.4, 0.5) is 0 Å². The van der Waals surface area contributed by atoms with Crippen LogP contribution in [0.15, 0.2) is 23.1 Å². The van der Waals surface area contributed by atoms with Crippen molar-refractivity contribution in [2.24, 2.45) is 5.73 Å². The van der Waals surface area contributed by atoms with Crippen LogP contribution in [-0.4, -0.2) is 21.0 Å². The van der Waals surface area contributed by atoms with Gasteiger partial charge in [0.25, 0.3) is 0 Å². The number of halogens is 1. The highest BCUT2D eigenvalue weighted by molar-refractivity contribution is 7.89. The van der Waals surface area contributed by atoms with Gasteiger partial charge in [-0.15, -0.1) is 0 Å². The van der Waals surface area contributed by atoms with Gasteiger partial charge in [0.15, 0.2) is 0 Å². The maximum Gasteiger partial charge on any atom is 0.242 e. The smallest absolute Gasteiger partial charge is 0.242 e. The molecule has 92 valence electrons. The molecule has 0 aliphatic carbocycles. The van der Waals surface area contributed by atoms with Gasteiger partial charge in [0.1, 0.15) is 11.0 Å². The average molecular weight is 274 g/mol. The molecular formula is C10H12ClN3O2S. The van der Waals surface area contributed by atoms with Crippen LogP contribution < -0.4 is 10.5 Å². The van der Waals surface area contributed by atoms with Crippen molar-refractivity contribution in [1.82, 2.24) is 4.72 Å². The van der Waals surface area contributed by atoms with Crippen molar-refractivity contribution in [2.75, 3.05) is 6.54 Å². The van der Waals surface area contributed by atoms with Crippen molar-refractivity contribution < 1.29 is 8.42 Å². The Balaban J connectivity index is 3.24. The molecule has 1 aromatic carbocycles. The van der Waals surface area contributed by atoms with Crippen LogP contribution >= 0.6 is 11.6 Å². The third kappa shape index (κ3) is 3.41. The second-order valence-electron chi connectivity index (χ2n) is 3.51. The third-order valence-electron chi connectivity index (χ3n) is 2.06. The molecule has 0 saturated carbocycles. The minimum atomic E-state index is -3.77. The number of sulfonamides is 1. The number of nitriles is 1. The van der Waals surface area contributed by atoms with Crippen LogP contribution in [0.25, 0.3) is 0 Å². The second-order valence-corrected chi connectivity index (χ2v) is 5.63. The summed E-state index contributed by atoms with van der Waals surface area (Å²) in [5.41, 5.74) is 5.39. The van der Waals surface area contributed by atoms with E-state index in [4.69, 9.17) is 22.6 Å². The highest BCUT2D eigenvalue weighted by atomic mass is 35.5. The Morgan fingerprint density at radius 3 is 2.76 bits per heavy atom. The Bertz CT molecular complexity index is 551. The van der Waals surface area contributed by atoms with Gasteiger partial charge >= 0.3 is 0 Å². The normalized spacial score (nSPS) is 13.1. The van der Waals surface area contributed by atoms with E-state index in [0.717, 1.165) is 0 Å². The molecule has 0 aromatic heterocycles. The molecule has 1 aromatic rings. The van der Waals surface area contributed by atoms with E-state index in [9.17, 15) is 8.42 Å². The lowest BCUT2D eigenvalue weighted by molar-refractivity contribution is 0.562. The summed E-state index contributed by atoms with van der Waals surface area (Å²) < 4.78 is 26.3. The maximum atomic E-state index is 12.0. The molecule has 1 atom stereocenters. The van der Waals surface area contributed by atoms with Crippen LogP contribution in [0.2, 0.25) is 5.02 Å². The van der Waals surface area contributed by atoms with Gasteiger partial charge in [0.2, 0.25) is 10.0 Å². The summed E-state index contributed by atoms with van der Waals surface area (Å²) in [6.45, 7) is 1.80. The summed E-state index contributed by atoms with van der Waals surface area (Å²) >= 11 is 5.72. The van der Waals surface area contributed by atoms with E-state index in [0.29, 0.717) is 0 Å². The summed E-state index contributed by atoms with van der Waals surface area (Å²) in [5, 5.41) is 9.11. The number of nitrogens with zero attached hydrogens (tertiary/aromatic N) is 1. The number of hydrogen-bond donors (Lipinski definition) is 2. The summed E-state index contributed by atoms with van der Waals surface area (Å²) in [7, 11) is -3.77. The molecule has 0 aliphatic rings. The molecule has 0 amide bonds. The molecule has 3 N–H and O–H groups in total. The Hall–Kier alpha value is -1.13. The molecule has 1 rings (SSSR count). The Morgan fingerprint density at radius 2 is 2.24 bits per heavy atom. The third-order valence-corrected chi connectivity index (χ3v) is 3.93. The quantitative estimate of drug-likeness (QED) is 0.849. The molecular weight excluding hydrogens is 262 g/mol. The molecule has 0 unspecified atom stereocenters. The molecule has 0 fully saturated rings. The number of hydrogen-bond acceptors (Lipinski definition) is 4. The number of nitrogens with one attached hydrogen (secondary N) is 1. The van der Waals surface area contributed by atoms with Gasteiger partial charge < -0.3 is 5.73 Å². The largest absolute Gasteiger partial charge is 0.329 e. The first-order chi connectivity index (χ1) is 7.90. The number of benzene rings is 1. The standard InChI is InChI=1S/C10H12ClN3O2S/c1-7(5-12)14-17(15,16)10-4-9(11)3-2-8(10)6-13/h2-4,7,14H,5,12H2,1H3/t7-/m1/s1. The van der Waals surface area contributed by atoms with Crippen LogP contribution in [0.5, 0.6) is 0 Å². The summed E-state index contributed by atoms with van der Waals surface area (Å²) in [4.78, 5) is -0.132. The summed E-state index contributed by atoms with van der Waals surface area (Å²) in [6, 6.07) is 5.47. The summed E-state index contributed by atoms with van der Waals surface area (Å²) in [6.07, 6.45) is 0. The van der Waals surface area contributed by atoms with Gasteiger partial charge in [-0.3, -0.25) is 0 Å². The molecule has 0 bridgehead atoms. The average Bonchev–Trinajstić information content (AvgIpc) is 2.28. The molecule has 0 aliphatic heterocycles. The molecule has 7 heteroatoms. The molecule has 5 nitrogen and oxygen atoms in total. The van der Waals surface area contributed by atoms with Crippen LogP contribution in [0.3, 0.4) is 0 Å². The Morgan fingerprint density at radius 1 is 1.59 bits per heavy atom. The van der Waals surface area contributed by atoms with Crippen molar-refractivity contribution >= 4 is 21.6 Å². The van der Waals surface area contributed by atoms with Gasteiger partial charge in [0.05, 0.1) is 5.56 Å². The molecule has 0 saturated heterocycles. The topological polar surface area (TPSA) is 96.0 Å². The van der Waals surface area contributed by atoms with Crippen LogP contribution in [-0.2, 0) is 10.0 Å². The van der Waals surface area contributed by atoms with Crippen molar-refractivity contribution in [3.63, 3.8) is 0 Å². The zero-order valence-electron chi connectivity index (χ0n) is 9.14. The van der Waals surface area contributed by atoms with Gasteiger partial charge in [0, 0.05) is 17.6 Å². The van der Waals surface area contributed by atoms with E-state index in [2.05, 4.69) is 4.72 Å². The minimum absolute atomic E-state index is 0.0473. The molecule has 17 heavy (non-hydrogen) atoms. The minimum Gasteiger partial charge on any atom is -0.329 e. The van der Waals surface area contributed by atoms with Gasteiger partial charge in [-0.05, 0) is 25.1 Å². The van der Waals surface area contributed by atoms with Crippen molar-refractivity contribution in [3.8, 4) is 6.07 Å².